The molecule has 0 radical (unpaired) electrons. The molecule has 0 aromatic heterocycles. The van der Waals surface area contributed by atoms with Gasteiger partial charge in [0.1, 0.15) is 6.10 Å². The van der Waals surface area contributed by atoms with E-state index < -0.39 is 23.8 Å². The Morgan fingerprint density at radius 3 is 2.60 bits per heavy atom. The molecule has 6 nitrogen and oxygen atoms in total. The van der Waals surface area contributed by atoms with Crippen molar-refractivity contribution in [3.63, 3.8) is 0 Å². The number of aliphatic hydroxyl groups is 1. The van der Waals surface area contributed by atoms with E-state index in [1.54, 1.807) is 0 Å². The molecule has 2 unspecified atom stereocenters. The van der Waals surface area contributed by atoms with Gasteiger partial charge in [-0.3, -0.25) is 4.79 Å². The van der Waals surface area contributed by atoms with Crippen LogP contribution in [-0.2, 0) is 14.3 Å². The van der Waals surface area contributed by atoms with Crippen LogP contribution in [0.3, 0.4) is 0 Å². The SMILES string of the molecule is CC1CCCC(O)(CNC(=O)[C@@H]2CC[C@H](C(=O)O)O2)C1. The lowest BCUT2D eigenvalue weighted by Gasteiger charge is -2.35. The third-order valence-corrected chi connectivity index (χ3v) is 4.25. The molecule has 1 aliphatic carbocycles. The second-order valence-electron chi connectivity index (χ2n) is 6.17. The first kappa shape index (κ1) is 15.3. The van der Waals surface area contributed by atoms with Crippen LogP contribution in [0, 0.1) is 5.92 Å². The van der Waals surface area contributed by atoms with Gasteiger partial charge in [0, 0.05) is 6.54 Å². The molecular formula is C14H23NO5. The molecule has 1 saturated carbocycles. The van der Waals surface area contributed by atoms with Crippen molar-refractivity contribution in [2.75, 3.05) is 6.54 Å². The molecule has 0 bridgehead atoms. The van der Waals surface area contributed by atoms with Crippen LogP contribution in [-0.4, -0.2) is 46.4 Å². The zero-order valence-electron chi connectivity index (χ0n) is 11.8. The summed E-state index contributed by atoms with van der Waals surface area (Å²) in [6.45, 7) is 2.32. The van der Waals surface area contributed by atoms with Gasteiger partial charge in [-0.2, -0.15) is 0 Å². The second-order valence-corrected chi connectivity index (χ2v) is 6.17. The van der Waals surface area contributed by atoms with E-state index >= 15 is 0 Å². The molecule has 20 heavy (non-hydrogen) atoms. The van der Waals surface area contributed by atoms with E-state index in [0.29, 0.717) is 31.6 Å². The Balaban J connectivity index is 1.79. The summed E-state index contributed by atoms with van der Waals surface area (Å²) in [5, 5.41) is 22.0. The largest absolute Gasteiger partial charge is 0.479 e. The van der Waals surface area contributed by atoms with Crippen molar-refractivity contribution < 1.29 is 24.5 Å². The van der Waals surface area contributed by atoms with Crippen molar-refractivity contribution in [2.45, 2.75) is 63.3 Å². The van der Waals surface area contributed by atoms with Crippen molar-refractivity contribution in [3.8, 4) is 0 Å². The minimum atomic E-state index is -1.03. The van der Waals surface area contributed by atoms with Crippen LogP contribution in [0.4, 0.5) is 0 Å². The summed E-state index contributed by atoms with van der Waals surface area (Å²) in [5.41, 5.74) is -0.835. The molecule has 6 heteroatoms. The summed E-state index contributed by atoms with van der Waals surface area (Å²) in [6.07, 6.45) is 2.64. The third kappa shape index (κ3) is 3.70. The van der Waals surface area contributed by atoms with Gasteiger partial charge in [0.2, 0.25) is 5.91 Å². The molecule has 1 amide bonds. The van der Waals surface area contributed by atoms with Crippen LogP contribution < -0.4 is 5.32 Å². The lowest BCUT2D eigenvalue weighted by atomic mass is 9.79. The van der Waals surface area contributed by atoms with Crippen LogP contribution in [0.2, 0.25) is 0 Å². The lowest BCUT2D eigenvalue weighted by Crippen LogP contribution is -2.48. The van der Waals surface area contributed by atoms with Crippen LogP contribution in [0.25, 0.3) is 0 Å². The fourth-order valence-electron chi connectivity index (χ4n) is 3.17. The normalized spacial score (nSPS) is 37.6. The maximum absolute atomic E-state index is 11.9. The van der Waals surface area contributed by atoms with Gasteiger partial charge in [-0.05, 0) is 31.6 Å². The van der Waals surface area contributed by atoms with Gasteiger partial charge in [0.25, 0.3) is 0 Å². The third-order valence-electron chi connectivity index (χ3n) is 4.25. The van der Waals surface area contributed by atoms with E-state index in [0.717, 1.165) is 12.8 Å². The number of amides is 1. The lowest BCUT2D eigenvalue weighted by molar-refractivity contribution is -0.152. The number of carbonyl (C=O) groups is 2. The Labute approximate surface area is 118 Å². The van der Waals surface area contributed by atoms with Gasteiger partial charge in [-0.1, -0.05) is 19.8 Å². The maximum Gasteiger partial charge on any atom is 0.332 e. The average molecular weight is 285 g/mol. The summed E-state index contributed by atoms with van der Waals surface area (Å²) in [4.78, 5) is 22.7. The Morgan fingerprint density at radius 1 is 1.30 bits per heavy atom. The standard InChI is InChI=1S/C14H23NO5/c1-9-3-2-6-14(19,7-9)8-15-12(16)10-4-5-11(20-10)13(17)18/h9-11,19H,2-8H2,1H3,(H,15,16)(H,17,18)/t9?,10-,11+,14?/m0/s1. The van der Waals surface area contributed by atoms with Gasteiger partial charge < -0.3 is 20.3 Å². The number of rotatable bonds is 4. The predicted octanol–water partition coefficient (Wildman–Crippen LogP) is 0.676. The average Bonchev–Trinajstić information content (AvgIpc) is 2.85. The molecule has 0 spiro atoms. The van der Waals surface area contributed by atoms with E-state index in [4.69, 9.17) is 9.84 Å². The summed E-state index contributed by atoms with van der Waals surface area (Å²) in [6, 6.07) is 0. The van der Waals surface area contributed by atoms with Crippen LogP contribution in [0.5, 0.6) is 0 Å². The molecule has 1 aliphatic heterocycles. The summed E-state index contributed by atoms with van der Waals surface area (Å²) in [7, 11) is 0. The topological polar surface area (TPSA) is 95.9 Å². The molecule has 1 saturated heterocycles. The number of carbonyl (C=O) groups excluding carboxylic acids is 1. The molecule has 2 rings (SSSR count). The van der Waals surface area contributed by atoms with E-state index in [2.05, 4.69) is 12.2 Å². The number of hydrogen-bond acceptors (Lipinski definition) is 4. The highest BCUT2D eigenvalue weighted by Crippen LogP contribution is 2.31. The fourth-order valence-corrected chi connectivity index (χ4v) is 3.17. The van der Waals surface area contributed by atoms with E-state index in [9.17, 15) is 14.7 Å². The molecule has 4 atom stereocenters. The minimum absolute atomic E-state index is 0.216. The molecule has 1 heterocycles. The molecule has 0 aromatic rings. The number of hydrogen-bond donors (Lipinski definition) is 3. The molecular weight excluding hydrogens is 262 g/mol. The highest BCUT2D eigenvalue weighted by Gasteiger charge is 2.37. The number of nitrogens with one attached hydrogen (secondary N) is 1. The smallest absolute Gasteiger partial charge is 0.332 e. The highest BCUT2D eigenvalue weighted by molar-refractivity contribution is 5.82. The first-order chi connectivity index (χ1) is 9.39. The zero-order valence-corrected chi connectivity index (χ0v) is 11.8. The molecule has 2 aliphatic rings. The maximum atomic E-state index is 11.9. The van der Waals surface area contributed by atoms with Crippen molar-refractivity contribution in [2.24, 2.45) is 5.92 Å². The second kappa shape index (κ2) is 6.10. The van der Waals surface area contributed by atoms with Crippen LogP contribution in [0.15, 0.2) is 0 Å². The van der Waals surface area contributed by atoms with Crippen LogP contribution >= 0.6 is 0 Å². The van der Waals surface area contributed by atoms with Gasteiger partial charge in [0.15, 0.2) is 6.10 Å². The number of aliphatic carboxylic acids is 1. The number of ether oxygens (including phenoxy) is 1. The van der Waals surface area contributed by atoms with Crippen molar-refractivity contribution in [1.29, 1.82) is 0 Å². The first-order valence-electron chi connectivity index (χ1n) is 7.28. The molecule has 2 fully saturated rings. The van der Waals surface area contributed by atoms with Crippen molar-refractivity contribution >= 4 is 11.9 Å². The van der Waals surface area contributed by atoms with Crippen molar-refractivity contribution in [3.05, 3.63) is 0 Å². The van der Waals surface area contributed by atoms with Crippen LogP contribution in [0.1, 0.15) is 45.4 Å². The van der Waals surface area contributed by atoms with Gasteiger partial charge in [0.05, 0.1) is 5.60 Å². The predicted molar refractivity (Wildman–Crippen MR) is 71.1 cm³/mol. The van der Waals surface area contributed by atoms with Gasteiger partial charge in [-0.25, -0.2) is 4.79 Å². The van der Waals surface area contributed by atoms with Gasteiger partial charge in [-0.15, -0.1) is 0 Å². The van der Waals surface area contributed by atoms with E-state index in [1.165, 1.54) is 0 Å². The zero-order chi connectivity index (χ0) is 14.8. The van der Waals surface area contributed by atoms with E-state index in [1.807, 2.05) is 0 Å². The first-order valence-corrected chi connectivity index (χ1v) is 7.28. The minimum Gasteiger partial charge on any atom is -0.479 e. The Hall–Kier alpha value is -1.14. The van der Waals surface area contributed by atoms with Crippen molar-refractivity contribution in [1.82, 2.24) is 5.32 Å². The Kier molecular flexibility index (Phi) is 4.65. The number of carboxylic acid groups (broad SMARTS) is 1. The Morgan fingerprint density at radius 2 is 2.00 bits per heavy atom. The summed E-state index contributed by atoms with van der Waals surface area (Å²) >= 11 is 0. The molecule has 0 aromatic carbocycles. The molecule has 114 valence electrons. The summed E-state index contributed by atoms with van der Waals surface area (Å²) < 4.78 is 5.19. The molecule has 3 N–H and O–H groups in total. The summed E-state index contributed by atoms with van der Waals surface area (Å²) in [5.74, 6) is -0.884. The fraction of sp³-hybridized carbons (Fsp3) is 0.857. The monoisotopic (exact) mass is 285 g/mol. The number of carboxylic acids is 1. The quantitative estimate of drug-likeness (QED) is 0.706. The Bertz CT molecular complexity index is 386. The highest BCUT2D eigenvalue weighted by atomic mass is 16.5. The van der Waals surface area contributed by atoms with E-state index in [-0.39, 0.29) is 12.5 Å². The van der Waals surface area contributed by atoms with Gasteiger partial charge >= 0.3 is 5.97 Å².